The number of hydrogen-bond donors (Lipinski definition) is 1. The highest BCUT2D eigenvalue weighted by Gasteiger charge is 2.10. The number of rotatable bonds is 3. The van der Waals surface area contributed by atoms with Gasteiger partial charge in [-0.15, -0.1) is 0 Å². The summed E-state index contributed by atoms with van der Waals surface area (Å²) >= 11 is 3.89. The molecule has 2 aromatic rings. The summed E-state index contributed by atoms with van der Waals surface area (Å²) in [5, 5.41) is 2.34. The molecule has 0 amide bonds. The van der Waals surface area contributed by atoms with E-state index in [-0.39, 0.29) is 17.8 Å². The van der Waals surface area contributed by atoms with Gasteiger partial charge in [-0.05, 0) is 29.3 Å². The molecule has 0 saturated heterocycles. The summed E-state index contributed by atoms with van der Waals surface area (Å²) < 4.78 is 5.22. The molecule has 0 saturated carbocycles. The molecule has 0 aliphatic rings. The van der Waals surface area contributed by atoms with Crippen molar-refractivity contribution in [2.75, 3.05) is 5.75 Å². The molecule has 1 unspecified atom stereocenters. The minimum absolute atomic E-state index is 0.109. The quantitative estimate of drug-likeness (QED) is 0.664. The molecule has 1 atom stereocenters. The van der Waals surface area contributed by atoms with Crippen LogP contribution in [0.5, 0.6) is 0 Å². The van der Waals surface area contributed by atoms with Gasteiger partial charge in [0.1, 0.15) is 6.10 Å². The summed E-state index contributed by atoms with van der Waals surface area (Å²) in [5.41, 5.74) is 0.999. The number of thiol groups is 1. The Balaban J connectivity index is 2.26. The van der Waals surface area contributed by atoms with Gasteiger partial charge in [0.25, 0.3) is 0 Å². The Hall–Kier alpha value is -1.48. The number of hydrogen-bond acceptors (Lipinski definition) is 3. The smallest absolute Gasteiger partial charge is 0.316 e. The molecule has 0 fully saturated rings. The first-order valence-electron chi connectivity index (χ1n) is 5.50. The maximum absolute atomic E-state index is 11.2. The van der Waals surface area contributed by atoms with Crippen molar-refractivity contribution in [3.05, 3.63) is 48.0 Å². The molecule has 0 aliphatic carbocycles. The van der Waals surface area contributed by atoms with Crippen LogP contribution < -0.4 is 0 Å². The fraction of sp³-hybridized carbons (Fsp3) is 0.214. The van der Waals surface area contributed by atoms with Gasteiger partial charge in [-0.25, -0.2) is 0 Å². The zero-order valence-electron chi connectivity index (χ0n) is 9.59. The molecular formula is C14H14O2S. The Bertz CT molecular complexity index is 536. The standard InChI is InChI=1S/C14H14O2S/c1-10(16-14(15)9-17)12-7-6-11-4-2-3-5-13(11)8-12/h2-8,10,17H,9H2,1H3. The maximum atomic E-state index is 11.2. The average Bonchev–Trinajstić information content (AvgIpc) is 2.38. The van der Waals surface area contributed by atoms with Crippen LogP contribution in [-0.2, 0) is 9.53 Å². The van der Waals surface area contributed by atoms with Gasteiger partial charge in [-0.3, -0.25) is 4.79 Å². The van der Waals surface area contributed by atoms with E-state index in [4.69, 9.17) is 4.74 Å². The molecule has 0 N–H and O–H groups in total. The lowest BCUT2D eigenvalue weighted by Gasteiger charge is -2.13. The number of esters is 1. The predicted octanol–water partition coefficient (Wildman–Crippen LogP) is 3.37. The van der Waals surface area contributed by atoms with Crippen LogP contribution in [0.3, 0.4) is 0 Å². The van der Waals surface area contributed by atoms with Crippen LogP contribution in [0.2, 0.25) is 0 Å². The number of fused-ring (bicyclic) bond motifs is 1. The first-order chi connectivity index (χ1) is 8.20. The molecule has 0 aliphatic heterocycles. The van der Waals surface area contributed by atoms with Crippen LogP contribution in [0.1, 0.15) is 18.6 Å². The van der Waals surface area contributed by atoms with Crippen molar-refractivity contribution in [2.45, 2.75) is 13.0 Å². The largest absolute Gasteiger partial charge is 0.457 e. The third-order valence-corrected chi connectivity index (χ3v) is 2.94. The zero-order chi connectivity index (χ0) is 12.3. The van der Waals surface area contributed by atoms with E-state index in [9.17, 15) is 4.79 Å². The summed E-state index contributed by atoms with van der Waals surface area (Å²) in [6, 6.07) is 14.2. The first kappa shape index (κ1) is 12.0. The van der Waals surface area contributed by atoms with E-state index in [1.54, 1.807) is 0 Å². The van der Waals surface area contributed by atoms with Gasteiger partial charge in [0, 0.05) is 0 Å². The topological polar surface area (TPSA) is 26.3 Å². The lowest BCUT2D eigenvalue weighted by molar-refractivity contribution is -0.145. The molecule has 0 heterocycles. The minimum Gasteiger partial charge on any atom is -0.457 e. The third kappa shape index (κ3) is 2.80. The molecule has 0 aromatic heterocycles. The van der Waals surface area contributed by atoms with E-state index >= 15 is 0 Å². The van der Waals surface area contributed by atoms with Crippen LogP contribution in [-0.4, -0.2) is 11.7 Å². The van der Waals surface area contributed by atoms with Gasteiger partial charge < -0.3 is 4.74 Å². The second-order valence-corrected chi connectivity index (χ2v) is 4.21. The van der Waals surface area contributed by atoms with Crippen molar-refractivity contribution >= 4 is 29.4 Å². The molecule has 88 valence electrons. The fourth-order valence-corrected chi connectivity index (χ4v) is 1.84. The summed E-state index contributed by atoms with van der Waals surface area (Å²) in [5.74, 6) is -0.188. The number of carbonyl (C=O) groups excluding carboxylic acids is 1. The molecule has 2 nitrogen and oxygen atoms in total. The van der Waals surface area contributed by atoms with Crippen molar-refractivity contribution in [2.24, 2.45) is 0 Å². The number of benzene rings is 2. The van der Waals surface area contributed by atoms with Gasteiger partial charge in [0.05, 0.1) is 5.75 Å². The third-order valence-electron chi connectivity index (χ3n) is 2.68. The molecule has 0 bridgehead atoms. The molecule has 17 heavy (non-hydrogen) atoms. The fourth-order valence-electron chi connectivity index (χ4n) is 1.76. The number of ether oxygens (including phenoxy) is 1. The Labute approximate surface area is 106 Å². The Kier molecular flexibility index (Phi) is 3.69. The minimum atomic E-state index is -0.297. The molecule has 3 heteroatoms. The van der Waals surface area contributed by atoms with Crippen LogP contribution in [0, 0.1) is 0 Å². The van der Waals surface area contributed by atoms with Gasteiger partial charge in [0.15, 0.2) is 0 Å². The predicted molar refractivity (Wildman–Crippen MR) is 72.3 cm³/mol. The second-order valence-electron chi connectivity index (χ2n) is 3.90. The summed E-state index contributed by atoms with van der Waals surface area (Å²) in [6.45, 7) is 1.87. The molecule has 0 spiro atoms. The van der Waals surface area contributed by atoms with Crippen molar-refractivity contribution < 1.29 is 9.53 Å². The first-order valence-corrected chi connectivity index (χ1v) is 6.13. The van der Waals surface area contributed by atoms with Crippen LogP contribution >= 0.6 is 12.6 Å². The van der Waals surface area contributed by atoms with Crippen molar-refractivity contribution in [1.29, 1.82) is 0 Å². The highest BCUT2D eigenvalue weighted by molar-refractivity contribution is 7.81. The van der Waals surface area contributed by atoms with Crippen molar-refractivity contribution in [3.63, 3.8) is 0 Å². The van der Waals surface area contributed by atoms with E-state index in [1.807, 2.05) is 43.3 Å². The Morgan fingerprint density at radius 2 is 1.94 bits per heavy atom. The Morgan fingerprint density at radius 3 is 2.65 bits per heavy atom. The van der Waals surface area contributed by atoms with Crippen LogP contribution in [0.15, 0.2) is 42.5 Å². The van der Waals surface area contributed by atoms with Crippen molar-refractivity contribution in [3.8, 4) is 0 Å². The number of carbonyl (C=O) groups is 1. The van der Waals surface area contributed by atoms with Crippen LogP contribution in [0.4, 0.5) is 0 Å². The second kappa shape index (κ2) is 5.23. The van der Waals surface area contributed by atoms with E-state index in [0.29, 0.717) is 0 Å². The molecule has 2 rings (SSSR count). The maximum Gasteiger partial charge on any atom is 0.316 e. The average molecular weight is 246 g/mol. The van der Waals surface area contributed by atoms with Gasteiger partial charge in [-0.1, -0.05) is 36.4 Å². The zero-order valence-corrected chi connectivity index (χ0v) is 10.5. The SMILES string of the molecule is CC(OC(=O)CS)c1ccc2ccccc2c1. The Morgan fingerprint density at radius 1 is 1.24 bits per heavy atom. The van der Waals surface area contributed by atoms with E-state index in [0.717, 1.165) is 10.9 Å². The molecule has 2 aromatic carbocycles. The van der Waals surface area contributed by atoms with E-state index in [1.165, 1.54) is 5.39 Å². The molecule has 0 radical (unpaired) electrons. The monoisotopic (exact) mass is 246 g/mol. The lowest BCUT2D eigenvalue weighted by Crippen LogP contribution is -2.09. The van der Waals surface area contributed by atoms with Crippen molar-refractivity contribution in [1.82, 2.24) is 0 Å². The molecular weight excluding hydrogens is 232 g/mol. The summed E-state index contributed by atoms with van der Waals surface area (Å²) in [4.78, 5) is 11.2. The highest BCUT2D eigenvalue weighted by Crippen LogP contribution is 2.22. The highest BCUT2D eigenvalue weighted by atomic mass is 32.1. The summed E-state index contributed by atoms with van der Waals surface area (Å²) in [7, 11) is 0. The van der Waals surface area contributed by atoms with Crippen LogP contribution in [0.25, 0.3) is 10.8 Å². The lowest BCUT2D eigenvalue weighted by atomic mass is 10.0. The van der Waals surface area contributed by atoms with Gasteiger partial charge in [0.2, 0.25) is 0 Å². The van der Waals surface area contributed by atoms with E-state index < -0.39 is 0 Å². The summed E-state index contributed by atoms with van der Waals surface area (Å²) in [6.07, 6.45) is -0.237. The van der Waals surface area contributed by atoms with Gasteiger partial charge >= 0.3 is 5.97 Å². The normalized spacial score (nSPS) is 12.4. The van der Waals surface area contributed by atoms with Gasteiger partial charge in [-0.2, -0.15) is 12.6 Å². The van der Waals surface area contributed by atoms with E-state index in [2.05, 4.69) is 18.7 Å².